The molecule has 2 unspecified atom stereocenters. The van der Waals surface area contributed by atoms with Gasteiger partial charge in [0, 0.05) is 24.8 Å². The Bertz CT molecular complexity index is 387. The molecule has 4 heteroatoms. The maximum absolute atomic E-state index is 11.9. The van der Waals surface area contributed by atoms with Crippen LogP contribution in [0.5, 0.6) is 0 Å². The molecule has 2 amide bonds. The van der Waals surface area contributed by atoms with Gasteiger partial charge in [-0.25, -0.2) is 4.79 Å². The molecular weight excluding hydrogens is 226 g/mol. The third-order valence-electron chi connectivity index (χ3n) is 3.26. The lowest BCUT2D eigenvalue weighted by molar-refractivity contribution is 0.206. The predicted molar refractivity (Wildman–Crippen MR) is 75.6 cm³/mol. The van der Waals surface area contributed by atoms with Crippen molar-refractivity contribution in [2.24, 2.45) is 5.73 Å². The number of benzene rings is 1. The zero-order valence-corrected chi connectivity index (χ0v) is 11.6. The van der Waals surface area contributed by atoms with Crippen LogP contribution in [0.3, 0.4) is 0 Å². The van der Waals surface area contributed by atoms with Crippen LogP contribution in [0.1, 0.15) is 38.8 Å². The number of rotatable bonds is 4. The van der Waals surface area contributed by atoms with Gasteiger partial charge in [0.05, 0.1) is 0 Å². The number of anilines is 1. The number of carbonyl (C=O) groups excluding carboxylic acids is 1. The molecule has 0 aliphatic heterocycles. The Morgan fingerprint density at radius 2 is 1.89 bits per heavy atom. The van der Waals surface area contributed by atoms with Gasteiger partial charge in [-0.1, -0.05) is 19.1 Å². The smallest absolute Gasteiger partial charge is 0.321 e. The molecule has 3 N–H and O–H groups in total. The molecule has 0 saturated carbocycles. The molecule has 1 aromatic rings. The van der Waals surface area contributed by atoms with E-state index in [2.05, 4.69) is 12.2 Å². The minimum atomic E-state index is -0.0853. The van der Waals surface area contributed by atoms with E-state index >= 15 is 0 Å². The normalized spacial score (nSPS) is 13.8. The van der Waals surface area contributed by atoms with E-state index in [0.717, 1.165) is 17.7 Å². The lowest BCUT2D eigenvalue weighted by atomic mass is 10.1. The van der Waals surface area contributed by atoms with Crippen LogP contribution in [0.15, 0.2) is 24.3 Å². The molecule has 0 spiro atoms. The van der Waals surface area contributed by atoms with Gasteiger partial charge in [0.15, 0.2) is 0 Å². The van der Waals surface area contributed by atoms with Gasteiger partial charge in [-0.05, 0) is 38.0 Å². The molecule has 0 aliphatic rings. The van der Waals surface area contributed by atoms with E-state index in [4.69, 9.17) is 5.73 Å². The van der Waals surface area contributed by atoms with Crippen molar-refractivity contribution in [1.82, 2.24) is 4.90 Å². The van der Waals surface area contributed by atoms with E-state index in [9.17, 15) is 4.79 Å². The van der Waals surface area contributed by atoms with Crippen molar-refractivity contribution >= 4 is 11.7 Å². The molecular formula is C14H23N3O. The topological polar surface area (TPSA) is 58.4 Å². The fourth-order valence-corrected chi connectivity index (χ4v) is 1.56. The van der Waals surface area contributed by atoms with Crippen molar-refractivity contribution in [2.45, 2.75) is 39.3 Å². The lowest BCUT2D eigenvalue weighted by Crippen LogP contribution is -2.37. The quantitative estimate of drug-likeness (QED) is 0.862. The SMILES string of the molecule is CCC(C)N(C)C(=O)Nc1ccc(C(C)N)cc1. The summed E-state index contributed by atoms with van der Waals surface area (Å²) < 4.78 is 0. The maximum Gasteiger partial charge on any atom is 0.321 e. The van der Waals surface area contributed by atoms with Crippen molar-refractivity contribution < 1.29 is 4.79 Å². The summed E-state index contributed by atoms with van der Waals surface area (Å²) in [6.45, 7) is 6.02. The van der Waals surface area contributed by atoms with Crippen LogP contribution >= 0.6 is 0 Å². The summed E-state index contributed by atoms with van der Waals surface area (Å²) in [6, 6.07) is 7.78. The first-order valence-corrected chi connectivity index (χ1v) is 6.35. The Morgan fingerprint density at radius 1 is 1.33 bits per heavy atom. The van der Waals surface area contributed by atoms with Crippen molar-refractivity contribution in [3.63, 3.8) is 0 Å². The van der Waals surface area contributed by atoms with Gasteiger partial charge < -0.3 is 16.0 Å². The molecule has 18 heavy (non-hydrogen) atoms. The maximum atomic E-state index is 11.9. The fourth-order valence-electron chi connectivity index (χ4n) is 1.56. The molecule has 0 aliphatic carbocycles. The van der Waals surface area contributed by atoms with Gasteiger partial charge in [-0.15, -0.1) is 0 Å². The Hall–Kier alpha value is -1.55. The lowest BCUT2D eigenvalue weighted by Gasteiger charge is -2.24. The third kappa shape index (κ3) is 3.74. The Labute approximate surface area is 109 Å². The number of hydrogen-bond acceptors (Lipinski definition) is 2. The summed E-state index contributed by atoms with van der Waals surface area (Å²) in [6.07, 6.45) is 0.938. The van der Waals surface area contributed by atoms with Crippen molar-refractivity contribution in [3.05, 3.63) is 29.8 Å². The zero-order valence-electron chi connectivity index (χ0n) is 11.6. The number of carbonyl (C=O) groups is 1. The van der Waals surface area contributed by atoms with Crippen LogP contribution in [0, 0.1) is 0 Å². The summed E-state index contributed by atoms with van der Waals surface area (Å²) in [7, 11) is 1.81. The van der Waals surface area contributed by atoms with Crippen LogP contribution in [0.4, 0.5) is 10.5 Å². The Balaban J connectivity index is 2.65. The standard InChI is InChI=1S/C14H23N3O/c1-5-10(2)17(4)14(18)16-13-8-6-12(7-9-13)11(3)15/h6-11H,5,15H2,1-4H3,(H,16,18). The van der Waals surface area contributed by atoms with Crippen LogP contribution in [-0.4, -0.2) is 24.0 Å². The summed E-state index contributed by atoms with van der Waals surface area (Å²) in [4.78, 5) is 13.6. The highest BCUT2D eigenvalue weighted by atomic mass is 16.2. The monoisotopic (exact) mass is 249 g/mol. The van der Waals surface area contributed by atoms with Gasteiger partial charge in [0.1, 0.15) is 0 Å². The molecule has 4 nitrogen and oxygen atoms in total. The average molecular weight is 249 g/mol. The van der Waals surface area contributed by atoms with Gasteiger partial charge in [-0.3, -0.25) is 0 Å². The van der Waals surface area contributed by atoms with E-state index in [1.165, 1.54) is 0 Å². The highest BCUT2D eigenvalue weighted by Gasteiger charge is 2.13. The average Bonchev–Trinajstić information content (AvgIpc) is 2.37. The van der Waals surface area contributed by atoms with E-state index in [1.807, 2.05) is 38.1 Å². The zero-order chi connectivity index (χ0) is 13.7. The van der Waals surface area contributed by atoms with Gasteiger partial charge in [0.2, 0.25) is 0 Å². The first kappa shape index (κ1) is 14.5. The molecule has 0 aromatic heterocycles. The van der Waals surface area contributed by atoms with Gasteiger partial charge in [0.25, 0.3) is 0 Å². The molecule has 0 heterocycles. The first-order chi connectivity index (χ1) is 8.45. The van der Waals surface area contributed by atoms with E-state index in [0.29, 0.717) is 0 Å². The summed E-state index contributed by atoms with van der Waals surface area (Å²) in [5.41, 5.74) is 7.63. The van der Waals surface area contributed by atoms with Gasteiger partial charge in [-0.2, -0.15) is 0 Å². The van der Waals surface area contributed by atoms with Crippen molar-refractivity contribution in [1.29, 1.82) is 0 Å². The second-order valence-electron chi connectivity index (χ2n) is 4.71. The van der Waals surface area contributed by atoms with Crippen LogP contribution in [0.25, 0.3) is 0 Å². The predicted octanol–water partition coefficient (Wildman–Crippen LogP) is 2.97. The van der Waals surface area contributed by atoms with E-state index < -0.39 is 0 Å². The Kier molecular flexibility index (Phi) is 5.16. The third-order valence-corrected chi connectivity index (χ3v) is 3.26. The molecule has 0 fully saturated rings. The van der Waals surface area contributed by atoms with Crippen LogP contribution in [-0.2, 0) is 0 Å². The second-order valence-corrected chi connectivity index (χ2v) is 4.71. The molecule has 0 saturated heterocycles. The van der Waals surface area contributed by atoms with Gasteiger partial charge >= 0.3 is 6.03 Å². The summed E-state index contributed by atoms with van der Waals surface area (Å²) >= 11 is 0. The number of hydrogen-bond donors (Lipinski definition) is 2. The van der Waals surface area contributed by atoms with Crippen molar-refractivity contribution in [3.8, 4) is 0 Å². The molecule has 0 bridgehead atoms. The second kappa shape index (κ2) is 6.40. The molecule has 1 aromatic carbocycles. The first-order valence-electron chi connectivity index (χ1n) is 6.35. The molecule has 100 valence electrons. The number of nitrogens with zero attached hydrogens (tertiary/aromatic N) is 1. The number of nitrogens with two attached hydrogens (primary N) is 1. The number of urea groups is 1. The minimum Gasteiger partial charge on any atom is -0.325 e. The highest BCUT2D eigenvalue weighted by Crippen LogP contribution is 2.15. The number of nitrogens with one attached hydrogen (secondary N) is 1. The Morgan fingerprint density at radius 3 is 2.33 bits per heavy atom. The summed E-state index contributed by atoms with van der Waals surface area (Å²) in [5.74, 6) is 0. The summed E-state index contributed by atoms with van der Waals surface area (Å²) in [5, 5.41) is 2.87. The van der Waals surface area contributed by atoms with Crippen LogP contribution in [0.2, 0.25) is 0 Å². The van der Waals surface area contributed by atoms with Crippen LogP contribution < -0.4 is 11.1 Å². The minimum absolute atomic E-state index is 0.0116. The van der Waals surface area contributed by atoms with Crippen molar-refractivity contribution in [2.75, 3.05) is 12.4 Å². The molecule has 1 rings (SSSR count). The largest absolute Gasteiger partial charge is 0.325 e. The fraction of sp³-hybridized carbons (Fsp3) is 0.500. The van der Waals surface area contributed by atoms with E-state index in [1.54, 1.807) is 11.9 Å². The highest BCUT2D eigenvalue weighted by molar-refractivity contribution is 5.89. The molecule has 2 atom stereocenters. The molecule has 0 radical (unpaired) electrons. The van der Waals surface area contributed by atoms with E-state index in [-0.39, 0.29) is 18.1 Å². The number of amides is 2.